The standard InChI is InChI=1S/C10H14N2O3S2/c1-4-6-8(5-2)12-17(14,15)9-7(3)11-10(13)16-9/h1,8,12H,5-6H2,2-3H3,(H,11,13). The molecule has 5 nitrogen and oxygen atoms in total. The van der Waals surface area contributed by atoms with Crippen LogP contribution in [-0.4, -0.2) is 19.4 Å². The normalized spacial score (nSPS) is 13.2. The Morgan fingerprint density at radius 3 is 2.65 bits per heavy atom. The van der Waals surface area contributed by atoms with Crippen molar-refractivity contribution in [1.82, 2.24) is 9.71 Å². The number of hydrogen-bond donors (Lipinski definition) is 2. The fourth-order valence-corrected chi connectivity index (χ4v) is 3.97. The lowest BCUT2D eigenvalue weighted by Crippen LogP contribution is -2.34. The third-order valence-corrected chi connectivity index (χ3v) is 5.33. The van der Waals surface area contributed by atoms with Crippen LogP contribution in [0.15, 0.2) is 9.00 Å². The summed E-state index contributed by atoms with van der Waals surface area (Å²) in [5, 5.41) is 0. The number of sulfonamides is 1. The van der Waals surface area contributed by atoms with E-state index >= 15 is 0 Å². The molecule has 0 saturated heterocycles. The van der Waals surface area contributed by atoms with Gasteiger partial charge in [0.05, 0.1) is 0 Å². The van der Waals surface area contributed by atoms with E-state index in [-0.39, 0.29) is 15.1 Å². The maximum atomic E-state index is 12.0. The monoisotopic (exact) mass is 274 g/mol. The number of terminal acetylenes is 1. The number of aromatic amines is 1. The smallest absolute Gasteiger partial charge is 0.305 e. The minimum atomic E-state index is -3.66. The summed E-state index contributed by atoms with van der Waals surface area (Å²) in [5.74, 6) is 2.42. The van der Waals surface area contributed by atoms with Crippen LogP contribution in [0.2, 0.25) is 0 Å². The predicted octanol–water partition coefficient (Wildman–Crippen LogP) is 0.825. The van der Waals surface area contributed by atoms with Gasteiger partial charge >= 0.3 is 4.87 Å². The highest BCUT2D eigenvalue weighted by atomic mass is 32.2. The molecule has 0 saturated carbocycles. The third-order valence-electron chi connectivity index (χ3n) is 2.20. The van der Waals surface area contributed by atoms with E-state index in [1.807, 2.05) is 6.92 Å². The van der Waals surface area contributed by atoms with Crippen LogP contribution in [0.4, 0.5) is 0 Å². The molecule has 0 spiro atoms. The third kappa shape index (κ3) is 3.43. The van der Waals surface area contributed by atoms with Gasteiger partial charge < -0.3 is 4.98 Å². The lowest BCUT2D eigenvalue weighted by atomic mass is 10.2. The molecule has 0 radical (unpaired) electrons. The number of hydrogen-bond acceptors (Lipinski definition) is 4. The molecule has 7 heteroatoms. The molecular weight excluding hydrogens is 260 g/mol. The number of rotatable bonds is 5. The van der Waals surface area contributed by atoms with Crippen molar-refractivity contribution in [2.45, 2.75) is 36.9 Å². The van der Waals surface area contributed by atoms with Crippen LogP contribution in [0, 0.1) is 19.3 Å². The average molecular weight is 274 g/mol. The first kappa shape index (κ1) is 14.0. The van der Waals surface area contributed by atoms with Gasteiger partial charge in [0, 0.05) is 18.2 Å². The number of aryl methyl sites for hydroxylation is 1. The van der Waals surface area contributed by atoms with Gasteiger partial charge in [-0.1, -0.05) is 18.3 Å². The van der Waals surface area contributed by atoms with Gasteiger partial charge in [-0.25, -0.2) is 13.1 Å². The molecule has 0 amide bonds. The molecular formula is C10H14N2O3S2. The highest BCUT2D eigenvalue weighted by Gasteiger charge is 2.23. The minimum Gasteiger partial charge on any atom is -0.315 e. The first-order valence-corrected chi connectivity index (χ1v) is 7.36. The van der Waals surface area contributed by atoms with Crippen LogP contribution in [0.1, 0.15) is 25.5 Å². The number of thiazole rings is 1. The highest BCUT2D eigenvalue weighted by molar-refractivity contribution is 7.91. The summed E-state index contributed by atoms with van der Waals surface area (Å²) in [7, 11) is -3.66. The van der Waals surface area contributed by atoms with Crippen molar-refractivity contribution in [2.24, 2.45) is 0 Å². The molecule has 17 heavy (non-hydrogen) atoms. The van der Waals surface area contributed by atoms with Crippen molar-refractivity contribution < 1.29 is 8.42 Å². The Kier molecular flexibility index (Phi) is 4.51. The minimum absolute atomic E-state index is 0.0259. The highest BCUT2D eigenvalue weighted by Crippen LogP contribution is 2.16. The van der Waals surface area contributed by atoms with Crippen LogP contribution in [0.5, 0.6) is 0 Å². The van der Waals surface area contributed by atoms with E-state index in [1.165, 1.54) is 0 Å². The van der Waals surface area contributed by atoms with Gasteiger partial charge in [-0.3, -0.25) is 4.79 Å². The number of H-pyrrole nitrogens is 1. The van der Waals surface area contributed by atoms with E-state index in [2.05, 4.69) is 15.6 Å². The molecule has 0 aromatic carbocycles. The maximum absolute atomic E-state index is 12.0. The zero-order chi connectivity index (χ0) is 13.1. The molecule has 1 aromatic heterocycles. The fourth-order valence-electron chi connectivity index (χ4n) is 1.33. The fraction of sp³-hybridized carbons (Fsp3) is 0.500. The summed E-state index contributed by atoms with van der Waals surface area (Å²) in [6.45, 7) is 3.39. The second-order valence-corrected chi connectivity index (χ2v) is 6.45. The summed E-state index contributed by atoms with van der Waals surface area (Å²) in [4.78, 5) is 13.1. The Morgan fingerprint density at radius 2 is 2.24 bits per heavy atom. The predicted molar refractivity (Wildman–Crippen MR) is 67.5 cm³/mol. The Morgan fingerprint density at radius 1 is 1.59 bits per heavy atom. The van der Waals surface area contributed by atoms with Gasteiger partial charge in [0.15, 0.2) is 4.21 Å². The second-order valence-electron chi connectivity index (χ2n) is 3.56. The second kappa shape index (κ2) is 5.49. The Hall–Kier alpha value is -1.10. The van der Waals surface area contributed by atoms with Crippen LogP contribution >= 0.6 is 11.3 Å². The van der Waals surface area contributed by atoms with Crippen LogP contribution in [-0.2, 0) is 10.0 Å². The lowest BCUT2D eigenvalue weighted by Gasteiger charge is -2.13. The van der Waals surface area contributed by atoms with Crippen LogP contribution < -0.4 is 9.60 Å². The van der Waals surface area contributed by atoms with Gasteiger partial charge in [0.25, 0.3) is 10.0 Å². The average Bonchev–Trinajstić information content (AvgIpc) is 2.57. The Bertz CT molecular complexity index is 577. The zero-order valence-corrected chi connectivity index (χ0v) is 11.2. The van der Waals surface area contributed by atoms with E-state index in [9.17, 15) is 13.2 Å². The molecule has 0 bridgehead atoms. The largest absolute Gasteiger partial charge is 0.315 e. The van der Waals surface area contributed by atoms with Crippen LogP contribution in [0.25, 0.3) is 0 Å². The molecule has 1 atom stereocenters. The van der Waals surface area contributed by atoms with Crippen molar-refractivity contribution in [3.8, 4) is 12.3 Å². The molecule has 1 heterocycles. The molecule has 0 aliphatic rings. The van der Waals surface area contributed by atoms with Crippen LogP contribution in [0.3, 0.4) is 0 Å². The molecule has 0 aliphatic carbocycles. The SMILES string of the molecule is C#CCC(CC)NS(=O)(=O)c1sc(=O)[nH]c1C. The molecule has 0 aliphatic heterocycles. The van der Waals surface area contributed by atoms with Gasteiger partial charge in [0.1, 0.15) is 0 Å². The van der Waals surface area contributed by atoms with Gasteiger partial charge in [-0.2, -0.15) is 0 Å². The zero-order valence-electron chi connectivity index (χ0n) is 9.61. The first-order chi connectivity index (χ1) is 7.90. The molecule has 1 unspecified atom stereocenters. The molecule has 2 N–H and O–H groups in total. The quantitative estimate of drug-likeness (QED) is 0.780. The number of nitrogens with one attached hydrogen (secondary N) is 2. The molecule has 0 fully saturated rings. The van der Waals surface area contributed by atoms with Gasteiger partial charge in [-0.15, -0.1) is 12.3 Å². The van der Waals surface area contributed by atoms with Gasteiger partial charge in [0.2, 0.25) is 0 Å². The Labute approximate surface area is 104 Å². The summed E-state index contributed by atoms with van der Waals surface area (Å²) < 4.78 is 26.5. The van der Waals surface area contributed by atoms with E-state index in [4.69, 9.17) is 6.42 Å². The van der Waals surface area contributed by atoms with E-state index < -0.39 is 10.0 Å². The summed E-state index contributed by atoms with van der Waals surface area (Å²) in [5.41, 5.74) is 0.350. The summed E-state index contributed by atoms with van der Waals surface area (Å²) in [6.07, 6.45) is 6.08. The first-order valence-electron chi connectivity index (χ1n) is 5.06. The van der Waals surface area contributed by atoms with E-state index in [0.29, 0.717) is 29.9 Å². The molecule has 1 aromatic rings. The maximum Gasteiger partial charge on any atom is 0.305 e. The Balaban J connectivity index is 3.01. The van der Waals surface area contributed by atoms with Gasteiger partial charge in [-0.05, 0) is 13.3 Å². The lowest BCUT2D eigenvalue weighted by molar-refractivity contribution is 0.545. The summed E-state index contributed by atoms with van der Waals surface area (Å²) >= 11 is 0.679. The van der Waals surface area contributed by atoms with Crippen molar-refractivity contribution in [3.63, 3.8) is 0 Å². The topological polar surface area (TPSA) is 79.0 Å². The molecule has 1 rings (SSSR count). The van der Waals surface area contributed by atoms with E-state index in [1.54, 1.807) is 6.92 Å². The van der Waals surface area contributed by atoms with Crippen molar-refractivity contribution >= 4 is 21.4 Å². The van der Waals surface area contributed by atoms with E-state index in [0.717, 1.165) is 0 Å². The van der Waals surface area contributed by atoms with Crippen molar-refractivity contribution in [3.05, 3.63) is 15.4 Å². The van der Waals surface area contributed by atoms with Crippen molar-refractivity contribution in [2.75, 3.05) is 0 Å². The number of aromatic nitrogens is 1. The summed E-state index contributed by atoms with van der Waals surface area (Å²) in [6, 6.07) is -0.304. The van der Waals surface area contributed by atoms with Crippen molar-refractivity contribution in [1.29, 1.82) is 0 Å². The molecule has 94 valence electrons.